The molecule has 0 spiro atoms. The molecule has 2 atom stereocenters. The lowest BCUT2D eigenvalue weighted by Crippen LogP contribution is -2.24. The van der Waals surface area contributed by atoms with Crippen LogP contribution in [0.25, 0.3) is 17.1 Å². The van der Waals surface area contributed by atoms with Crippen LogP contribution in [-0.2, 0) is 0 Å². The lowest BCUT2D eigenvalue weighted by Gasteiger charge is -2.30. The Kier molecular flexibility index (Phi) is 7.26. The van der Waals surface area contributed by atoms with Gasteiger partial charge >= 0.3 is 0 Å². The average Bonchev–Trinajstić information content (AvgIpc) is 3.33. The van der Waals surface area contributed by atoms with Crippen LogP contribution in [0, 0.1) is 5.92 Å². The predicted molar refractivity (Wildman–Crippen MR) is 109 cm³/mol. The Hall–Kier alpha value is -1.82. The Balaban J connectivity index is 0.00000121. The third kappa shape index (κ3) is 4.11. The fraction of sp³-hybridized carbons (Fsp3) is 0.368. The van der Waals surface area contributed by atoms with Gasteiger partial charge in [-0.15, -0.1) is 24.8 Å². The quantitative estimate of drug-likeness (QED) is 0.719. The number of halogens is 2. The highest BCUT2D eigenvalue weighted by molar-refractivity contribution is 5.85. The maximum atomic E-state index is 5.90. The number of aromatic nitrogens is 4. The molecule has 1 aliphatic rings. The summed E-state index contributed by atoms with van der Waals surface area (Å²) in [6.07, 6.45) is 14.5. The minimum atomic E-state index is 0. The summed E-state index contributed by atoms with van der Waals surface area (Å²) < 4.78 is 4.34. The summed E-state index contributed by atoms with van der Waals surface area (Å²) in [6.45, 7) is 0.792. The van der Waals surface area contributed by atoms with Gasteiger partial charge in [0.2, 0.25) is 0 Å². The van der Waals surface area contributed by atoms with Gasteiger partial charge in [-0.3, -0.25) is 0 Å². The molecule has 140 valence electrons. The van der Waals surface area contributed by atoms with E-state index < -0.39 is 0 Å². The first-order valence-corrected chi connectivity index (χ1v) is 8.67. The first kappa shape index (κ1) is 20.5. The second kappa shape index (κ2) is 9.21. The fourth-order valence-electron chi connectivity index (χ4n) is 3.76. The molecule has 7 heteroatoms. The molecular formula is C19H25Cl2N5. The van der Waals surface area contributed by atoms with Gasteiger partial charge in [0.1, 0.15) is 5.82 Å². The van der Waals surface area contributed by atoms with E-state index in [0.29, 0.717) is 12.0 Å². The van der Waals surface area contributed by atoms with Gasteiger partial charge < -0.3 is 14.9 Å². The van der Waals surface area contributed by atoms with E-state index in [1.165, 1.54) is 19.3 Å². The van der Waals surface area contributed by atoms with E-state index in [2.05, 4.69) is 45.0 Å². The highest BCUT2D eigenvalue weighted by Crippen LogP contribution is 2.34. The maximum Gasteiger partial charge on any atom is 0.140 e. The molecule has 1 saturated carbocycles. The lowest BCUT2D eigenvalue weighted by atomic mass is 9.85. The first-order valence-electron chi connectivity index (χ1n) is 8.67. The Morgan fingerprint density at radius 2 is 1.85 bits per heavy atom. The zero-order valence-electron chi connectivity index (χ0n) is 14.6. The van der Waals surface area contributed by atoms with Crippen molar-refractivity contribution in [1.82, 2.24) is 19.1 Å². The van der Waals surface area contributed by atoms with Crippen LogP contribution < -0.4 is 5.73 Å². The standard InChI is InChI=1S/C19H23N5.2ClH/c20-13-15-2-1-3-18(12-15)24-11-9-22-19(24)16-4-6-17(7-5-16)23-10-8-21-14-23;;/h4-11,14-15,18H,1-3,12-13,20H2;2*1H/t15-,18+;;/m0../s1. The van der Waals surface area contributed by atoms with E-state index in [9.17, 15) is 0 Å². The summed E-state index contributed by atoms with van der Waals surface area (Å²) in [7, 11) is 0. The van der Waals surface area contributed by atoms with Crippen LogP contribution >= 0.6 is 24.8 Å². The Bertz CT molecular complexity index is 783. The summed E-state index contributed by atoms with van der Waals surface area (Å²) in [4.78, 5) is 8.72. The van der Waals surface area contributed by atoms with Crippen molar-refractivity contribution in [1.29, 1.82) is 0 Å². The molecule has 1 aliphatic carbocycles. The lowest BCUT2D eigenvalue weighted by molar-refractivity contribution is 0.273. The van der Waals surface area contributed by atoms with Crippen molar-refractivity contribution < 1.29 is 0 Å². The second-order valence-electron chi connectivity index (χ2n) is 6.60. The van der Waals surface area contributed by atoms with E-state index in [-0.39, 0.29) is 24.8 Å². The molecule has 0 unspecified atom stereocenters. The highest BCUT2D eigenvalue weighted by atomic mass is 35.5. The van der Waals surface area contributed by atoms with E-state index in [4.69, 9.17) is 5.73 Å². The minimum Gasteiger partial charge on any atom is -0.330 e. The van der Waals surface area contributed by atoms with E-state index in [1.54, 1.807) is 6.20 Å². The summed E-state index contributed by atoms with van der Waals surface area (Å²) in [5.41, 5.74) is 8.16. The van der Waals surface area contributed by atoms with Gasteiger partial charge in [0, 0.05) is 42.1 Å². The molecule has 2 heterocycles. The van der Waals surface area contributed by atoms with Crippen LogP contribution in [0.1, 0.15) is 31.7 Å². The Morgan fingerprint density at radius 1 is 1.04 bits per heavy atom. The van der Waals surface area contributed by atoms with Crippen LogP contribution in [-0.4, -0.2) is 25.6 Å². The zero-order chi connectivity index (χ0) is 16.4. The normalized spacial score (nSPS) is 19.4. The zero-order valence-corrected chi connectivity index (χ0v) is 16.2. The SMILES string of the molecule is Cl.Cl.NC[C@H]1CCC[C@@H](n2ccnc2-c2ccc(-n3ccnc3)cc2)C1. The summed E-state index contributed by atoms with van der Waals surface area (Å²) in [5, 5.41) is 0. The van der Waals surface area contributed by atoms with Gasteiger partial charge in [-0.2, -0.15) is 0 Å². The molecular weight excluding hydrogens is 369 g/mol. The van der Waals surface area contributed by atoms with E-state index in [0.717, 1.165) is 30.0 Å². The Morgan fingerprint density at radius 3 is 2.54 bits per heavy atom. The number of imidazole rings is 2. The summed E-state index contributed by atoms with van der Waals surface area (Å²) in [5.74, 6) is 1.69. The average molecular weight is 394 g/mol. The highest BCUT2D eigenvalue weighted by Gasteiger charge is 2.24. The molecule has 4 rings (SSSR count). The van der Waals surface area contributed by atoms with Crippen LogP contribution in [0.4, 0.5) is 0 Å². The molecule has 26 heavy (non-hydrogen) atoms. The minimum absolute atomic E-state index is 0. The van der Waals surface area contributed by atoms with Crippen molar-refractivity contribution in [2.24, 2.45) is 11.7 Å². The smallest absolute Gasteiger partial charge is 0.140 e. The van der Waals surface area contributed by atoms with Crippen molar-refractivity contribution in [2.75, 3.05) is 6.54 Å². The fourth-order valence-corrected chi connectivity index (χ4v) is 3.76. The molecule has 1 fully saturated rings. The molecule has 3 aromatic rings. The number of hydrogen-bond donors (Lipinski definition) is 1. The van der Waals surface area contributed by atoms with Crippen LogP contribution in [0.3, 0.4) is 0 Å². The number of nitrogens with zero attached hydrogens (tertiary/aromatic N) is 4. The van der Waals surface area contributed by atoms with Crippen molar-refractivity contribution in [3.05, 3.63) is 55.4 Å². The molecule has 0 amide bonds. The van der Waals surface area contributed by atoms with Gasteiger partial charge in [0.05, 0.1) is 6.33 Å². The monoisotopic (exact) mass is 393 g/mol. The molecule has 1 aromatic carbocycles. The van der Waals surface area contributed by atoms with Gasteiger partial charge in [-0.25, -0.2) is 9.97 Å². The molecule has 0 radical (unpaired) electrons. The van der Waals surface area contributed by atoms with E-state index in [1.807, 2.05) is 23.3 Å². The maximum absolute atomic E-state index is 5.90. The second-order valence-corrected chi connectivity index (χ2v) is 6.60. The number of rotatable bonds is 4. The van der Waals surface area contributed by atoms with Crippen molar-refractivity contribution in [3.63, 3.8) is 0 Å². The molecule has 2 aromatic heterocycles. The summed E-state index contributed by atoms with van der Waals surface area (Å²) >= 11 is 0. The topological polar surface area (TPSA) is 61.7 Å². The molecule has 2 N–H and O–H groups in total. The largest absolute Gasteiger partial charge is 0.330 e. The molecule has 0 bridgehead atoms. The molecule has 5 nitrogen and oxygen atoms in total. The van der Waals surface area contributed by atoms with Gasteiger partial charge in [0.15, 0.2) is 0 Å². The van der Waals surface area contributed by atoms with Gasteiger partial charge in [0.25, 0.3) is 0 Å². The summed E-state index contributed by atoms with van der Waals surface area (Å²) in [6, 6.07) is 9.01. The third-order valence-corrected chi connectivity index (χ3v) is 5.08. The molecule has 0 saturated heterocycles. The van der Waals surface area contributed by atoms with E-state index >= 15 is 0 Å². The third-order valence-electron chi connectivity index (χ3n) is 5.08. The van der Waals surface area contributed by atoms with Crippen molar-refractivity contribution in [2.45, 2.75) is 31.7 Å². The first-order chi connectivity index (χ1) is 11.8. The number of hydrogen-bond acceptors (Lipinski definition) is 3. The van der Waals surface area contributed by atoms with Crippen LogP contribution in [0.5, 0.6) is 0 Å². The molecule has 0 aliphatic heterocycles. The van der Waals surface area contributed by atoms with Gasteiger partial charge in [-0.1, -0.05) is 6.42 Å². The van der Waals surface area contributed by atoms with Gasteiger partial charge in [-0.05, 0) is 56.0 Å². The number of nitrogens with two attached hydrogens (primary N) is 1. The predicted octanol–water partition coefficient (Wildman–Crippen LogP) is 4.27. The van der Waals surface area contributed by atoms with Crippen molar-refractivity contribution in [3.8, 4) is 17.1 Å². The Labute approximate surface area is 166 Å². The van der Waals surface area contributed by atoms with Crippen molar-refractivity contribution >= 4 is 24.8 Å². The van der Waals surface area contributed by atoms with Crippen LogP contribution in [0.2, 0.25) is 0 Å². The van der Waals surface area contributed by atoms with Crippen LogP contribution in [0.15, 0.2) is 55.4 Å². The number of benzene rings is 1.